The highest BCUT2D eigenvalue weighted by atomic mass is 32.2. The van der Waals surface area contributed by atoms with E-state index in [-0.39, 0.29) is 27.2 Å². The number of nitrogen functional groups attached to an aromatic ring is 1. The zero-order valence-electron chi connectivity index (χ0n) is 16.8. The standard InChI is InChI=1S/C24H20N4O2S/c1-16(17-10-4-2-5-11-17)28-23(25)22(31(29,30)18-12-6-3-7-13-18)21-24(28)27-20-15-9-8-14-19(20)26-21/h2-16H,25H2,1H3. The van der Waals surface area contributed by atoms with E-state index in [0.29, 0.717) is 16.7 Å². The molecule has 0 aliphatic carbocycles. The Balaban J connectivity index is 1.88. The molecule has 0 bridgehead atoms. The second-order valence-electron chi connectivity index (χ2n) is 7.37. The second-order valence-corrected chi connectivity index (χ2v) is 9.26. The molecule has 5 aromatic rings. The predicted octanol–water partition coefficient (Wildman–Crippen LogP) is 4.61. The van der Waals surface area contributed by atoms with Crippen LogP contribution in [0.2, 0.25) is 0 Å². The van der Waals surface area contributed by atoms with E-state index in [2.05, 4.69) is 4.98 Å². The molecule has 2 heterocycles. The van der Waals surface area contributed by atoms with Gasteiger partial charge in [-0.1, -0.05) is 60.7 Å². The molecule has 1 atom stereocenters. The van der Waals surface area contributed by atoms with E-state index in [1.807, 2.05) is 61.5 Å². The third-order valence-corrected chi connectivity index (χ3v) is 7.31. The molecule has 6 nitrogen and oxygen atoms in total. The molecular weight excluding hydrogens is 408 g/mol. The molecule has 0 spiro atoms. The normalized spacial score (nSPS) is 12.9. The lowest BCUT2D eigenvalue weighted by Crippen LogP contribution is -2.12. The van der Waals surface area contributed by atoms with Crippen molar-refractivity contribution in [1.29, 1.82) is 0 Å². The van der Waals surface area contributed by atoms with Crippen molar-refractivity contribution in [3.63, 3.8) is 0 Å². The molecule has 0 saturated carbocycles. The average molecular weight is 429 g/mol. The lowest BCUT2D eigenvalue weighted by atomic mass is 10.1. The van der Waals surface area contributed by atoms with Gasteiger partial charge in [-0.3, -0.25) is 0 Å². The Morgan fingerprint density at radius 3 is 2.00 bits per heavy atom. The average Bonchev–Trinajstić information content (AvgIpc) is 3.09. The second kappa shape index (κ2) is 7.21. The first-order valence-electron chi connectivity index (χ1n) is 9.89. The van der Waals surface area contributed by atoms with Crippen molar-refractivity contribution >= 4 is 37.9 Å². The summed E-state index contributed by atoms with van der Waals surface area (Å²) in [4.78, 5) is 9.62. The Bertz CT molecular complexity index is 1510. The van der Waals surface area contributed by atoms with Crippen molar-refractivity contribution in [2.24, 2.45) is 0 Å². The number of nitrogens with zero attached hydrogens (tertiary/aromatic N) is 3. The quantitative estimate of drug-likeness (QED) is 0.451. The predicted molar refractivity (Wildman–Crippen MR) is 122 cm³/mol. The first-order valence-corrected chi connectivity index (χ1v) is 11.4. The van der Waals surface area contributed by atoms with Crippen LogP contribution in [-0.2, 0) is 9.84 Å². The lowest BCUT2D eigenvalue weighted by molar-refractivity contribution is 0.596. The van der Waals surface area contributed by atoms with Crippen LogP contribution in [0.1, 0.15) is 18.5 Å². The molecule has 7 heteroatoms. The molecule has 0 amide bonds. The van der Waals surface area contributed by atoms with Crippen molar-refractivity contribution in [1.82, 2.24) is 14.5 Å². The molecule has 1 unspecified atom stereocenters. The highest BCUT2D eigenvalue weighted by molar-refractivity contribution is 7.92. The fraction of sp³-hybridized carbons (Fsp3) is 0.0833. The Morgan fingerprint density at radius 2 is 1.35 bits per heavy atom. The maximum Gasteiger partial charge on any atom is 0.212 e. The van der Waals surface area contributed by atoms with Crippen LogP contribution in [0.4, 0.5) is 5.82 Å². The third-order valence-electron chi connectivity index (χ3n) is 5.48. The number of anilines is 1. The summed E-state index contributed by atoms with van der Waals surface area (Å²) in [5.74, 6) is 0.130. The number of nitrogens with two attached hydrogens (primary N) is 1. The molecule has 2 aromatic heterocycles. The maximum atomic E-state index is 13.6. The summed E-state index contributed by atoms with van der Waals surface area (Å²) in [5.41, 5.74) is 9.55. The Labute approximate surface area is 179 Å². The van der Waals surface area contributed by atoms with Crippen molar-refractivity contribution in [2.45, 2.75) is 22.8 Å². The van der Waals surface area contributed by atoms with E-state index < -0.39 is 9.84 Å². The van der Waals surface area contributed by atoms with Crippen LogP contribution in [-0.4, -0.2) is 23.0 Å². The van der Waals surface area contributed by atoms with Gasteiger partial charge in [0.05, 0.1) is 22.0 Å². The molecule has 2 N–H and O–H groups in total. The van der Waals surface area contributed by atoms with E-state index in [1.165, 1.54) is 0 Å². The molecule has 0 saturated heterocycles. The fourth-order valence-corrected chi connectivity index (χ4v) is 5.43. The first kappa shape index (κ1) is 19.3. The molecule has 0 radical (unpaired) electrons. The summed E-state index contributed by atoms with van der Waals surface area (Å²) < 4.78 is 29.0. The molecule has 5 rings (SSSR count). The number of para-hydroxylation sites is 2. The van der Waals surface area contributed by atoms with Crippen LogP contribution in [0.15, 0.2) is 94.7 Å². The summed E-state index contributed by atoms with van der Waals surface area (Å²) >= 11 is 0. The molecule has 0 aliphatic heterocycles. The van der Waals surface area contributed by atoms with Crippen LogP contribution >= 0.6 is 0 Å². The van der Waals surface area contributed by atoms with Gasteiger partial charge in [-0.15, -0.1) is 0 Å². The maximum absolute atomic E-state index is 13.6. The molecular formula is C24H20N4O2S. The summed E-state index contributed by atoms with van der Waals surface area (Å²) in [7, 11) is -3.91. The van der Waals surface area contributed by atoms with Crippen LogP contribution in [0.3, 0.4) is 0 Å². The Morgan fingerprint density at radius 1 is 0.806 bits per heavy atom. The Hall–Kier alpha value is -3.71. The van der Waals surface area contributed by atoms with Gasteiger partial charge in [0.15, 0.2) is 5.65 Å². The number of benzene rings is 3. The van der Waals surface area contributed by atoms with E-state index in [1.54, 1.807) is 34.9 Å². The summed E-state index contributed by atoms with van der Waals surface area (Å²) in [6.45, 7) is 1.97. The van der Waals surface area contributed by atoms with Gasteiger partial charge in [0.25, 0.3) is 0 Å². The van der Waals surface area contributed by atoms with Gasteiger partial charge in [0, 0.05) is 0 Å². The van der Waals surface area contributed by atoms with Crippen molar-refractivity contribution in [3.8, 4) is 0 Å². The van der Waals surface area contributed by atoms with Crippen molar-refractivity contribution in [3.05, 3.63) is 90.5 Å². The largest absolute Gasteiger partial charge is 0.384 e. The smallest absolute Gasteiger partial charge is 0.212 e. The highest BCUT2D eigenvalue weighted by Crippen LogP contribution is 2.38. The fourth-order valence-electron chi connectivity index (χ4n) is 3.91. The summed E-state index contributed by atoms with van der Waals surface area (Å²) in [6, 6.07) is 25.2. The van der Waals surface area contributed by atoms with Gasteiger partial charge in [0.1, 0.15) is 16.2 Å². The van der Waals surface area contributed by atoms with Crippen LogP contribution in [0, 0.1) is 0 Å². The zero-order chi connectivity index (χ0) is 21.6. The van der Waals surface area contributed by atoms with Gasteiger partial charge in [-0.05, 0) is 36.8 Å². The van der Waals surface area contributed by atoms with Crippen molar-refractivity contribution in [2.75, 3.05) is 5.73 Å². The topological polar surface area (TPSA) is 90.9 Å². The van der Waals surface area contributed by atoms with E-state index >= 15 is 0 Å². The van der Waals surface area contributed by atoms with Crippen LogP contribution in [0.25, 0.3) is 22.2 Å². The minimum absolute atomic E-state index is 0.00488. The zero-order valence-corrected chi connectivity index (χ0v) is 17.6. The number of hydrogen-bond acceptors (Lipinski definition) is 5. The third kappa shape index (κ3) is 3.05. The van der Waals surface area contributed by atoms with Crippen LogP contribution in [0.5, 0.6) is 0 Å². The lowest BCUT2D eigenvalue weighted by Gasteiger charge is -2.17. The van der Waals surface area contributed by atoms with Gasteiger partial charge < -0.3 is 10.3 Å². The van der Waals surface area contributed by atoms with Crippen molar-refractivity contribution < 1.29 is 8.42 Å². The number of fused-ring (bicyclic) bond motifs is 2. The number of rotatable bonds is 4. The van der Waals surface area contributed by atoms with E-state index in [4.69, 9.17) is 10.7 Å². The number of aromatic nitrogens is 3. The molecule has 0 fully saturated rings. The van der Waals surface area contributed by atoms with Crippen LogP contribution < -0.4 is 5.73 Å². The molecule has 154 valence electrons. The SMILES string of the molecule is CC(c1ccccc1)n1c(N)c(S(=O)(=O)c2ccccc2)c2nc3ccccc3nc21. The number of sulfone groups is 1. The van der Waals surface area contributed by atoms with Gasteiger partial charge in [0.2, 0.25) is 9.84 Å². The summed E-state index contributed by atoms with van der Waals surface area (Å²) in [6.07, 6.45) is 0. The minimum Gasteiger partial charge on any atom is -0.384 e. The van der Waals surface area contributed by atoms with E-state index in [0.717, 1.165) is 5.56 Å². The monoisotopic (exact) mass is 428 g/mol. The Kier molecular flexibility index (Phi) is 4.48. The summed E-state index contributed by atoms with van der Waals surface area (Å²) in [5, 5.41) is 0. The van der Waals surface area contributed by atoms with Gasteiger partial charge >= 0.3 is 0 Å². The molecule has 31 heavy (non-hydrogen) atoms. The van der Waals surface area contributed by atoms with E-state index in [9.17, 15) is 8.42 Å². The minimum atomic E-state index is -3.91. The number of hydrogen-bond donors (Lipinski definition) is 1. The van der Waals surface area contributed by atoms with Gasteiger partial charge in [-0.2, -0.15) is 0 Å². The molecule has 3 aromatic carbocycles. The first-order chi connectivity index (χ1) is 15.0. The molecule has 0 aliphatic rings. The van der Waals surface area contributed by atoms with Gasteiger partial charge in [-0.25, -0.2) is 18.4 Å². The highest BCUT2D eigenvalue weighted by Gasteiger charge is 2.31.